The second kappa shape index (κ2) is 5.99. The third-order valence-corrected chi connectivity index (χ3v) is 3.89. The molecular formula is C16H12Cl2N2O2. The Bertz CT molecular complexity index is 757. The Kier molecular flexibility index (Phi) is 4.05. The van der Waals surface area contributed by atoms with Gasteiger partial charge in [-0.1, -0.05) is 23.2 Å². The summed E-state index contributed by atoms with van der Waals surface area (Å²) in [5, 5.41) is 6.61. The smallest absolute Gasteiger partial charge is 0.253 e. The minimum absolute atomic E-state index is 0.144. The number of hydrazone groups is 1. The van der Waals surface area contributed by atoms with Crippen molar-refractivity contribution in [2.45, 2.75) is 6.42 Å². The number of nitrogens with zero attached hydrogens (tertiary/aromatic N) is 2. The molecule has 112 valence electrons. The van der Waals surface area contributed by atoms with Crippen LogP contribution in [0, 0.1) is 0 Å². The summed E-state index contributed by atoms with van der Waals surface area (Å²) in [7, 11) is 1.61. The van der Waals surface area contributed by atoms with E-state index in [0.717, 1.165) is 11.3 Å². The van der Waals surface area contributed by atoms with E-state index < -0.39 is 0 Å². The van der Waals surface area contributed by atoms with E-state index in [-0.39, 0.29) is 12.3 Å². The van der Waals surface area contributed by atoms with Crippen molar-refractivity contribution in [1.29, 1.82) is 0 Å². The summed E-state index contributed by atoms with van der Waals surface area (Å²) in [6, 6.07) is 12.3. The number of hydrogen-bond donors (Lipinski definition) is 0. The Morgan fingerprint density at radius 2 is 1.86 bits per heavy atom. The second-order valence-electron chi connectivity index (χ2n) is 4.75. The first-order chi connectivity index (χ1) is 10.6. The van der Waals surface area contributed by atoms with Gasteiger partial charge in [-0.05, 0) is 48.0 Å². The molecule has 0 spiro atoms. The van der Waals surface area contributed by atoms with Crippen LogP contribution in [0.25, 0.3) is 0 Å². The molecule has 0 radical (unpaired) electrons. The van der Waals surface area contributed by atoms with Crippen molar-refractivity contribution in [3.63, 3.8) is 0 Å². The molecule has 4 nitrogen and oxygen atoms in total. The number of rotatable bonds is 3. The molecule has 2 aromatic rings. The summed E-state index contributed by atoms with van der Waals surface area (Å²) in [5.41, 5.74) is 2.04. The predicted molar refractivity (Wildman–Crippen MR) is 88.1 cm³/mol. The average molecular weight is 335 g/mol. The lowest BCUT2D eigenvalue weighted by atomic mass is 10.1. The summed E-state index contributed by atoms with van der Waals surface area (Å²) in [5.74, 6) is 0.610. The van der Waals surface area contributed by atoms with E-state index in [4.69, 9.17) is 27.9 Å². The average Bonchev–Trinajstić information content (AvgIpc) is 2.91. The van der Waals surface area contributed by atoms with Crippen LogP contribution in [0.2, 0.25) is 10.0 Å². The SMILES string of the molecule is COc1ccc(C2=NN(c3cc(Cl)ccc3Cl)C(=O)C2)cc1. The summed E-state index contributed by atoms with van der Waals surface area (Å²) < 4.78 is 5.12. The zero-order chi connectivity index (χ0) is 15.7. The van der Waals surface area contributed by atoms with Gasteiger partial charge in [0.05, 0.1) is 30.0 Å². The molecule has 0 N–H and O–H groups in total. The number of benzene rings is 2. The number of anilines is 1. The van der Waals surface area contributed by atoms with Crippen LogP contribution in [0.3, 0.4) is 0 Å². The Morgan fingerprint density at radius 1 is 1.14 bits per heavy atom. The van der Waals surface area contributed by atoms with Gasteiger partial charge in [0, 0.05) is 5.02 Å². The minimum atomic E-state index is -0.144. The highest BCUT2D eigenvalue weighted by Crippen LogP contribution is 2.32. The summed E-state index contributed by atoms with van der Waals surface area (Å²) in [6.45, 7) is 0. The first-order valence-electron chi connectivity index (χ1n) is 6.58. The molecule has 3 rings (SSSR count). The van der Waals surface area contributed by atoms with Crippen LogP contribution in [0.5, 0.6) is 5.75 Å². The van der Waals surface area contributed by atoms with Crippen LogP contribution in [-0.2, 0) is 4.79 Å². The molecular weight excluding hydrogens is 323 g/mol. The highest BCUT2D eigenvalue weighted by Gasteiger charge is 2.27. The highest BCUT2D eigenvalue weighted by molar-refractivity contribution is 6.36. The lowest BCUT2D eigenvalue weighted by molar-refractivity contribution is -0.116. The zero-order valence-electron chi connectivity index (χ0n) is 11.7. The number of amides is 1. The van der Waals surface area contributed by atoms with E-state index in [0.29, 0.717) is 21.4 Å². The topological polar surface area (TPSA) is 41.9 Å². The fourth-order valence-corrected chi connectivity index (χ4v) is 2.57. The second-order valence-corrected chi connectivity index (χ2v) is 5.60. The predicted octanol–water partition coefficient (Wildman–Crippen LogP) is 4.14. The van der Waals surface area contributed by atoms with E-state index in [2.05, 4.69) is 5.10 Å². The minimum Gasteiger partial charge on any atom is -0.497 e. The fourth-order valence-electron chi connectivity index (χ4n) is 2.21. The van der Waals surface area contributed by atoms with Crippen LogP contribution in [0.1, 0.15) is 12.0 Å². The van der Waals surface area contributed by atoms with E-state index in [9.17, 15) is 4.79 Å². The molecule has 0 atom stereocenters. The molecule has 0 saturated heterocycles. The Balaban J connectivity index is 1.95. The van der Waals surface area contributed by atoms with E-state index in [1.807, 2.05) is 24.3 Å². The monoisotopic (exact) mass is 334 g/mol. The number of hydrogen-bond acceptors (Lipinski definition) is 3. The highest BCUT2D eigenvalue weighted by atomic mass is 35.5. The van der Waals surface area contributed by atoms with Crippen molar-refractivity contribution >= 4 is 40.5 Å². The maximum absolute atomic E-state index is 12.2. The van der Waals surface area contributed by atoms with Gasteiger partial charge < -0.3 is 4.74 Å². The van der Waals surface area contributed by atoms with Gasteiger partial charge in [-0.2, -0.15) is 10.1 Å². The molecule has 6 heteroatoms. The Morgan fingerprint density at radius 3 is 2.55 bits per heavy atom. The molecule has 0 aromatic heterocycles. The normalized spacial score (nSPS) is 14.2. The molecule has 1 aliphatic rings. The molecule has 2 aromatic carbocycles. The molecule has 0 fully saturated rings. The zero-order valence-corrected chi connectivity index (χ0v) is 13.2. The molecule has 1 heterocycles. The van der Waals surface area contributed by atoms with E-state index >= 15 is 0 Å². The van der Waals surface area contributed by atoms with Gasteiger partial charge in [-0.3, -0.25) is 4.79 Å². The first-order valence-corrected chi connectivity index (χ1v) is 7.34. The molecule has 0 saturated carbocycles. The van der Waals surface area contributed by atoms with Gasteiger partial charge in [0.2, 0.25) is 0 Å². The van der Waals surface area contributed by atoms with Gasteiger partial charge in [0.25, 0.3) is 5.91 Å². The van der Waals surface area contributed by atoms with Crippen molar-refractivity contribution in [2.24, 2.45) is 5.10 Å². The van der Waals surface area contributed by atoms with Gasteiger partial charge in [0.15, 0.2) is 0 Å². The molecule has 22 heavy (non-hydrogen) atoms. The van der Waals surface area contributed by atoms with Gasteiger partial charge in [-0.15, -0.1) is 0 Å². The molecule has 1 amide bonds. The van der Waals surface area contributed by atoms with Crippen molar-refractivity contribution in [1.82, 2.24) is 0 Å². The van der Waals surface area contributed by atoms with Crippen LogP contribution >= 0.6 is 23.2 Å². The lowest BCUT2D eigenvalue weighted by Gasteiger charge is -2.13. The summed E-state index contributed by atoms with van der Waals surface area (Å²) >= 11 is 12.1. The quantitative estimate of drug-likeness (QED) is 0.846. The standard InChI is InChI=1S/C16H12Cl2N2O2/c1-22-12-5-2-10(3-6-12)14-9-16(21)20(19-14)15-8-11(17)4-7-13(15)18/h2-8H,9H2,1H3. The third-order valence-electron chi connectivity index (χ3n) is 3.34. The van der Waals surface area contributed by atoms with Crippen molar-refractivity contribution in [3.05, 3.63) is 58.1 Å². The van der Waals surface area contributed by atoms with Crippen molar-refractivity contribution in [3.8, 4) is 5.75 Å². The number of ether oxygens (including phenoxy) is 1. The first kappa shape index (κ1) is 14.9. The Labute approximate surface area is 137 Å². The molecule has 0 bridgehead atoms. The molecule has 1 aliphatic heterocycles. The lowest BCUT2D eigenvalue weighted by Crippen LogP contribution is -2.19. The molecule has 0 aliphatic carbocycles. The van der Waals surface area contributed by atoms with Crippen molar-refractivity contribution < 1.29 is 9.53 Å². The van der Waals surface area contributed by atoms with Crippen LogP contribution < -0.4 is 9.75 Å². The number of carbonyl (C=O) groups is 1. The van der Waals surface area contributed by atoms with Crippen LogP contribution in [-0.4, -0.2) is 18.7 Å². The maximum atomic E-state index is 12.2. The van der Waals surface area contributed by atoms with E-state index in [1.165, 1.54) is 5.01 Å². The van der Waals surface area contributed by atoms with Crippen LogP contribution in [0.15, 0.2) is 47.6 Å². The third kappa shape index (κ3) is 2.80. The number of methoxy groups -OCH3 is 1. The van der Waals surface area contributed by atoms with Crippen LogP contribution in [0.4, 0.5) is 5.69 Å². The van der Waals surface area contributed by atoms with Gasteiger partial charge in [0.1, 0.15) is 5.75 Å². The van der Waals surface area contributed by atoms with Crippen molar-refractivity contribution in [2.75, 3.05) is 12.1 Å². The number of carbonyl (C=O) groups excluding carboxylic acids is 1. The van der Waals surface area contributed by atoms with Gasteiger partial charge >= 0.3 is 0 Å². The van der Waals surface area contributed by atoms with Gasteiger partial charge in [-0.25, -0.2) is 0 Å². The Hall–Kier alpha value is -2.04. The molecule has 0 unspecified atom stereocenters. The fraction of sp³-hybridized carbons (Fsp3) is 0.125. The largest absolute Gasteiger partial charge is 0.497 e. The van der Waals surface area contributed by atoms with E-state index in [1.54, 1.807) is 25.3 Å². The number of halogens is 2. The summed E-state index contributed by atoms with van der Waals surface area (Å²) in [4.78, 5) is 12.2. The summed E-state index contributed by atoms with van der Waals surface area (Å²) in [6.07, 6.45) is 0.217. The maximum Gasteiger partial charge on any atom is 0.253 e.